The van der Waals surface area contributed by atoms with Gasteiger partial charge >= 0.3 is 0 Å². The zero-order chi connectivity index (χ0) is 16.5. The maximum atomic E-state index is 11.2. The number of hydrogen-bond acceptors (Lipinski definition) is 6. The number of aromatic nitrogens is 4. The second-order valence-electron chi connectivity index (χ2n) is 5.98. The number of fused-ring (bicyclic) bond motifs is 1. The van der Waals surface area contributed by atoms with Crippen LogP contribution in [0.25, 0.3) is 10.2 Å². The molecule has 8 heteroatoms. The lowest BCUT2D eigenvalue weighted by atomic mass is 9.95. The average molecular weight is 342 g/mol. The number of primary amides is 1. The molecule has 2 N–H and O–H groups in total. The van der Waals surface area contributed by atoms with Gasteiger partial charge in [0.1, 0.15) is 29.3 Å². The molecule has 1 amide bonds. The van der Waals surface area contributed by atoms with Gasteiger partial charge in [0, 0.05) is 31.4 Å². The van der Waals surface area contributed by atoms with Gasteiger partial charge in [0.05, 0.1) is 5.39 Å². The number of nitrogens with zero attached hydrogens (tertiary/aromatic N) is 5. The van der Waals surface area contributed by atoms with Crippen molar-refractivity contribution >= 4 is 33.3 Å². The summed E-state index contributed by atoms with van der Waals surface area (Å²) in [4.78, 5) is 27.8. The molecular formula is C16H18N6OS. The predicted molar refractivity (Wildman–Crippen MR) is 93.0 cm³/mol. The Morgan fingerprint density at radius 1 is 1.29 bits per heavy atom. The molecule has 3 aromatic rings. The van der Waals surface area contributed by atoms with Crippen molar-refractivity contribution in [3.8, 4) is 0 Å². The number of thiophene rings is 1. The van der Waals surface area contributed by atoms with E-state index in [4.69, 9.17) is 5.73 Å². The van der Waals surface area contributed by atoms with Crippen LogP contribution in [0.2, 0.25) is 0 Å². The number of carbonyl (C=O) groups is 1. The van der Waals surface area contributed by atoms with Crippen molar-refractivity contribution in [2.45, 2.75) is 25.3 Å². The first kappa shape index (κ1) is 15.1. The summed E-state index contributed by atoms with van der Waals surface area (Å²) in [5.41, 5.74) is 5.31. The van der Waals surface area contributed by atoms with Gasteiger partial charge in [0.15, 0.2) is 0 Å². The van der Waals surface area contributed by atoms with Crippen molar-refractivity contribution in [2.24, 2.45) is 5.73 Å². The number of anilines is 1. The van der Waals surface area contributed by atoms with Crippen LogP contribution in [0.5, 0.6) is 0 Å². The van der Waals surface area contributed by atoms with E-state index in [0.29, 0.717) is 5.92 Å². The number of hydrogen-bond donors (Lipinski definition) is 1. The number of amides is 1. The van der Waals surface area contributed by atoms with Crippen LogP contribution in [-0.4, -0.2) is 38.5 Å². The van der Waals surface area contributed by atoms with Gasteiger partial charge < -0.3 is 15.2 Å². The Morgan fingerprint density at radius 3 is 2.92 bits per heavy atom. The molecule has 24 heavy (non-hydrogen) atoms. The highest BCUT2D eigenvalue weighted by Crippen LogP contribution is 2.32. The van der Waals surface area contributed by atoms with Crippen LogP contribution in [0, 0.1) is 0 Å². The summed E-state index contributed by atoms with van der Waals surface area (Å²) in [5, 5.41) is 3.17. The number of carbonyl (C=O) groups excluding carboxylic acids is 1. The SMILES string of the molecule is NC(=O)Cn1ccnc1C1CCN(c2ncnc3sccc23)CC1. The molecule has 0 spiro atoms. The van der Waals surface area contributed by atoms with Gasteiger partial charge in [0.25, 0.3) is 0 Å². The largest absolute Gasteiger partial charge is 0.368 e. The quantitative estimate of drug-likeness (QED) is 0.780. The molecule has 0 saturated carbocycles. The Bertz CT molecular complexity index is 864. The molecule has 4 heterocycles. The first-order valence-corrected chi connectivity index (χ1v) is 8.83. The predicted octanol–water partition coefficient (Wildman–Crippen LogP) is 1.76. The van der Waals surface area contributed by atoms with E-state index in [9.17, 15) is 4.79 Å². The Hall–Kier alpha value is -2.48. The third kappa shape index (κ3) is 2.73. The van der Waals surface area contributed by atoms with E-state index < -0.39 is 0 Å². The van der Waals surface area contributed by atoms with E-state index in [1.54, 1.807) is 23.9 Å². The van der Waals surface area contributed by atoms with Crippen LogP contribution in [0.4, 0.5) is 5.82 Å². The maximum Gasteiger partial charge on any atom is 0.237 e. The van der Waals surface area contributed by atoms with Gasteiger partial charge in [-0.3, -0.25) is 4.79 Å². The van der Waals surface area contributed by atoms with E-state index in [2.05, 4.69) is 31.3 Å². The molecule has 0 aliphatic carbocycles. The molecule has 3 aromatic heterocycles. The van der Waals surface area contributed by atoms with Gasteiger partial charge in [0.2, 0.25) is 5.91 Å². The van der Waals surface area contributed by atoms with Crippen molar-refractivity contribution in [2.75, 3.05) is 18.0 Å². The Kier molecular flexibility index (Phi) is 3.89. The summed E-state index contributed by atoms with van der Waals surface area (Å²) >= 11 is 1.64. The monoisotopic (exact) mass is 342 g/mol. The normalized spacial score (nSPS) is 15.9. The Balaban J connectivity index is 1.50. The number of piperidine rings is 1. The van der Waals surface area contributed by atoms with Crippen LogP contribution < -0.4 is 10.6 Å². The van der Waals surface area contributed by atoms with Crippen LogP contribution in [-0.2, 0) is 11.3 Å². The summed E-state index contributed by atoms with van der Waals surface area (Å²) in [6, 6.07) is 2.08. The standard InChI is InChI=1S/C16H18N6OS/c17-13(23)9-22-7-4-18-14(22)11-1-5-21(6-2-11)15-12-3-8-24-16(12)20-10-19-15/h3-4,7-8,10-11H,1-2,5-6,9H2,(H2,17,23). The molecular weight excluding hydrogens is 324 g/mol. The first-order valence-electron chi connectivity index (χ1n) is 7.95. The maximum absolute atomic E-state index is 11.2. The molecule has 1 saturated heterocycles. The smallest absolute Gasteiger partial charge is 0.237 e. The van der Waals surface area contributed by atoms with Gasteiger partial charge in [-0.05, 0) is 24.3 Å². The first-order chi connectivity index (χ1) is 11.7. The van der Waals surface area contributed by atoms with Gasteiger partial charge in [-0.2, -0.15) is 0 Å². The van der Waals surface area contributed by atoms with Crippen LogP contribution in [0.3, 0.4) is 0 Å². The fourth-order valence-corrected chi connectivity index (χ4v) is 4.09. The molecule has 1 fully saturated rings. The lowest BCUT2D eigenvalue weighted by Crippen LogP contribution is -2.34. The fraction of sp³-hybridized carbons (Fsp3) is 0.375. The fourth-order valence-electron chi connectivity index (χ4n) is 3.36. The molecule has 124 valence electrons. The van der Waals surface area contributed by atoms with Gasteiger partial charge in [-0.15, -0.1) is 11.3 Å². The Labute approximate surface area is 143 Å². The van der Waals surface area contributed by atoms with Gasteiger partial charge in [-0.1, -0.05) is 0 Å². The molecule has 0 atom stereocenters. The van der Waals surface area contributed by atoms with Crippen molar-refractivity contribution in [3.63, 3.8) is 0 Å². The molecule has 7 nitrogen and oxygen atoms in total. The van der Waals surface area contributed by atoms with E-state index in [1.165, 1.54) is 0 Å². The van der Waals surface area contributed by atoms with Crippen molar-refractivity contribution in [1.29, 1.82) is 0 Å². The van der Waals surface area contributed by atoms with Crippen molar-refractivity contribution in [3.05, 3.63) is 36.0 Å². The minimum absolute atomic E-state index is 0.191. The lowest BCUT2D eigenvalue weighted by Gasteiger charge is -2.32. The molecule has 1 aliphatic rings. The summed E-state index contributed by atoms with van der Waals surface area (Å²) in [6.45, 7) is 2.02. The zero-order valence-corrected chi connectivity index (χ0v) is 13.9. The number of imidazole rings is 1. The minimum atomic E-state index is -0.340. The molecule has 4 rings (SSSR count). The minimum Gasteiger partial charge on any atom is -0.368 e. The zero-order valence-electron chi connectivity index (χ0n) is 13.1. The second-order valence-corrected chi connectivity index (χ2v) is 6.87. The average Bonchev–Trinajstić information content (AvgIpc) is 3.23. The summed E-state index contributed by atoms with van der Waals surface area (Å²) in [7, 11) is 0. The third-order valence-corrected chi connectivity index (χ3v) is 5.29. The van der Waals surface area contributed by atoms with Gasteiger partial charge in [-0.25, -0.2) is 15.0 Å². The summed E-state index contributed by atoms with van der Waals surface area (Å²) in [5.74, 6) is 1.97. The van der Waals surface area contributed by atoms with Crippen molar-refractivity contribution < 1.29 is 4.79 Å². The lowest BCUT2D eigenvalue weighted by molar-refractivity contribution is -0.118. The number of rotatable bonds is 4. The summed E-state index contributed by atoms with van der Waals surface area (Å²) in [6.07, 6.45) is 7.16. The van der Waals surface area contributed by atoms with Crippen LogP contribution in [0.1, 0.15) is 24.6 Å². The highest BCUT2D eigenvalue weighted by molar-refractivity contribution is 7.16. The van der Waals surface area contributed by atoms with Crippen LogP contribution in [0.15, 0.2) is 30.2 Å². The van der Waals surface area contributed by atoms with E-state index >= 15 is 0 Å². The molecule has 0 radical (unpaired) electrons. The van der Waals surface area contributed by atoms with Crippen LogP contribution >= 0.6 is 11.3 Å². The second kappa shape index (κ2) is 6.20. The highest BCUT2D eigenvalue weighted by atomic mass is 32.1. The third-order valence-electron chi connectivity index (χ3n) is 4.47. The van der Waals surface area contributed by atoms with E-state index in [0.717, 1.165) is 47.8 Å². The summed E-state index contributed by atoms with van der Waals surface area (Å²) < 4.78 is 1.87. The molecule has 1 aliphatic heterocycles. The molecule has 0 unspecified atom stereocenters. The topological polar surface area (TPSA) is 89.9 Å². The van der Waals surface area contributed by atoms with E-state index in [-0.39, 0.29) is 12.5 Å². The Morgan fingerprint density at radius 2 is 2.12 bits per heavy atom. The van der Waals surface area contributed by atoms with Crippen molar-refractivity contribution in [1.82, 2.24) is 19.5 Å². The number of nitrogens with two attached hydrogens (primary N) is 1. The van der Waals surface area contributed by atoms with E-state index in [1.807, 2.05) is 10.8 Å². The highest BCUT2D eigenvalue weighted by Gasteiger charge is 2.25. The molecule has 0 aromatic carbocycles. The molecule has 0 bridgehead atoms.